The molecule has 0 radical (unpaired) electrons. The molecule has 0 aromatic heterocycles. The number of aryl methyl sites for hydroxylation is 2. The van der Waals surface area contributed by atoms with Gasteiger partial charge in [-0.2, -0.15) is 0 Å². The van der Waals surface area contributed by atoms with E-state index in [9.17, 15) is 0 Å². The van der Waals surface area contributed by atoms with Crippen LogP contribution in [0.15, 0.2) is 103 Å². The smallest absolute Gasteiger partial charge is 0.0462 e. The minimum atomic E-state index is 1.14. The monoisotopic (exact) mass is 415 g/mol. The summed E-state index contributed by atoms with van der Waals surface area (Å²) in [6.07, 6.45) is 8.49. The number of anilines is 3. The van der Waals surface area contributed by atoms with E-state index in [1.54, 1.807) is 0 Å². The molecule has 32 heavy (non-hydrogen) atoms. The second kappa shape index (κ2) is 9.98. The third kappa shape index (κ3) is 5.25. The van der Waals surface area contributed by atoms with E-state index >= 15 is 0 Å². The summed E-state index contributed by atoms with van der Waals surface area (Å²) in [6, 6.07) is 34.7. The topological polar surface area (TPSA) is 3.24 Å². The summed E-state index contributed by atoms with van der Waals surface area (Å²) >= 11 is 0. The van der Waals surface area contributed by atoms with Crippen LogP contribution < -0.4 is 4.90 Å². The molecule has 0 aliphatic heterocycles. The molecule has 0 saturated carbocycles. The standard InChI is InChI=1S/C31H29N/c1-4-5-26-10-12-27(13-11-26)14-15-28-16-22-31(23-17-28)32(29-18-6-24(2)7-19-29)30-20-8-25(3)9-21-30/h4-23H,1-3H3/b5-4+,15-14+. The fourth-order valence-corrected chi connectivity index (χ4v) is 3.67. The SMILES string of the molecule is C/C=C/c1ccc(/C=C/c2ccc(N(c3ccc(C)cc3)c3ccc(C)cc3)cc2)cc1. The van der Waals surface area contributed by atoms with Gasteiger partial charge in [-0.3, -0.25) is 0 Å². The second-order valence-corrected chi connectivity index (χ2v) is 8.10. The van der Waals surface area contributed by atoms with E-state index in [1.165, 1.54) is 27.8 Å². The summed E-state index contributed by atoms with van der Waals surface area (Å²) < 4.78 is 0. The normalized spacial score (nSPS) is 11.3. The minimum Gasteiger partial charge on any atom is -0.311 e. The number of allylic oxidation sites excluding steroid dienone is 1. The first-order valence-corrected chi connectivity index (χ1v) is 11.1. The molecular weight excluding hydrogens is 386 g/mol. The summed E-state index contributed by atoms with van der Waals surface area (Å²) in [5, 5.41) is 0. The highest BCUT2D eigenvalue weighted by Gasteiger charge is 2.12. The summed E-state index contributed by atoms with van der Waals surface area (Å²) in [5.74, 6) is 0. The van der Waals surface area contributed by atoms with Crippen molar-refractivity contribution in [2.45, 2.75) is 20.8 Å². The highest BCUT2D eigenvalue weighted by Crippen LogP contribution is 2.34. The maximum atomic E-state index is 2.30. The number of hydrogen-bond donors (Lipinski definition) is 0. The Morgan fingerprint density at radius 2 is 0.750 bits per heavy atom. The molecule has 0 spiro atoms. The van der Waals surface area contributed by atoms with Crippen molar-refractivity contribution in [2.75, 3.05) is 4.90 Å². The van der Waals surface area contributed by atoms with E-state index in [0.29, 0.717) is 0 Å². The second-order valence-electron chi connectivity index (χ2n) is 8.10. The van der Waals surface area contributed by atoms with Crippen molar-refractivity contribution in [3.05, 3.63) is 131 Å². The van der Waals surface area contributed by atoms with Crippen LogP contribution in [0.25, 0.3) is 18.2 Å². The van der Waals surface area contributed by atoms with Crippen molar-refractivity contribution in [1.29, 1.82) is 0 Å². The third-order valence-electron chi connectivity index (χ3n) is 5.50. The van der Waals surface area contributed by atoms with Gasteiger partial charge in [-0.25, -0.2) is 0 Å². The first-order chi connectivity index (χ1) is 15.6. The Kier molecular flexibility index (Phi) is 6.67. The van der Waals surface area contributed by atoms with Crippen LogP contribution in [0, 0.1) is 13.8 Å². The summed E-state index contributed by atoms with van der Waals surface area (Å²) in [7, 11) is 0. The van der Waals surface area contributed by atoms with E-state index in [-0.39, 0.29) is 0 Å². The van der Waals surface area contributed by atoms with Gasteiger partial charge in [-0.15, -0.1) is 0 Å². The zero-order valence-corrected chi connectivity index (χ0v) is 19.0. The molecule has 0 heterocycles. The Morgan fingerprint density at radius 3 is 1.12 bits per heavy atom. The molecule has 158 valence electrons. The van der Waals surface area contributed by atoms with E-state index in [2.05, 4.69) is 140 Å². The first kappa shape index (κ1) is 21.4. The van der Waals surface area contributed by atoms with E-state index in [1.807, 2.05) is 6.92 Å². The van der Waals surface area contributed by atoms with Crippen LogP contribution in [0.3, 0.4) is 0 Å². The lowest BCUT2D eigenvalue weighted by atomic mass is 10.1. The molecule has 1 nitrogen and oxygen atoms in total. The van der Waals surface area contributed by atoms with E-state index in [4.69, 9.17) is 0 Å². The van der Waals surface area contributed by atoms with Gasteiger partial charge in [0.05, 0.1) is 0 Å². The predicted molar refractivity (Wildman–Crippen MR) is 141 cm³/mol. The van der Waals surface area contributed by atoms with Crippen molar-refractivity contribution in [1.82, 2.24) is 0 Å². The summed E-state index contributed by atoms with van der Waals surface area (Å²) in [4.78, 5) is 2.30. The lowest BCUT2D eigenvalue weighted by Crippen LogP contribution is -2.09. The van der Waals surface area contributed by atoms with Gasteiger partial charge < -0.3 is 4.90 Å². The van der Waals surface area contributed by atoms with Crippen LogP contribution in [0.2, 0.25) is 0 Å². The van der Waals surface area contributed by atoms with E-state index < -0.39 is 0 Å². The molecule has 1 heteroatoms. The van der Waals surface area contributed by atoms with Gasteiger partial charge in [-0.05, 0) is 73.9 Å². The molecule has 0 aliphatic carbocycles. The quantitative estimate of drug-likeness (QED) is 0.284. The maximum Gasteiger partial charge on any atom is 0.0462 e. The molecule has 0 N–H and O–H groups in total. The molecular formula is C31H29N. The maximum absolute atomic E-state index is 2.30. The molecule has 4 aromatic carbocycles. The molecule has 0 saturated heterocycles. The Labute approximate surface area is 192 Å². The van der Waals surface area contributed by atoms with Gasteiger partial charge >= 0.3 is 0 Å². The molecule has 0 fully saturated rings. The average Bonchev–Trinajstić information content (AvgIpc) is 2.82. The summed E-state index contributed by atoms with van der Waals surface area (Å²) in [5.41, 5.74) is 9.58. The van der Waals surface area contributed by atoms with Crippen LogP contribution in [0.1, 0.15) is 34.7 Å². The number of nitrogens with zero attached hydrogens (tertiary/aromatic N) is 1. The number of rotatable bonds is 6. The highest BCUT2D eigenvalue weighted by atomic mass is 15.1. The van der Waals surface area contributed by atoms with Crippen LogP contribution >= 0.6 is 0 Å². The van der Waals surface area contributed by atoms with Crippen LogP contribution in [0.5, 0.6) is 0 Å². The van der Waals surface area contributed by atoms with Crippen LogP contribution in [-0.2, 0) is 0 Å². The van der Waals surface area contributed by atoms with Gasteiger partial charge in [0.25, 0.3) is 0 Å². The fraction of sp³-hybridized carbons (Fsp3) is 0.0968. The molecule has 0 unspecified atom stereocenters. The zero-order chi connectivity index (χ0) is 22.3. The molecule has 0 aliphatic rings. The van der Waals surface area contributed by atoms with Crippen molar-refractivity contribution >= 4 is 35.3 Å². The Hall–Kier alpha value is -3.84. The van der Waals surface area contributed by atoms with Gasteiger partial charge in [0.1, 0.15) is 0 Å². The van der Waals surface area contributed by atoms with Crippen molar-refractivity contribution < 1.29 is 0 Å². The first-order valence-electron chi connectivity index (χ1n) is 11.1. The molecule has 4 aromatic rings. The lowest BCUT2D eigenvalue weighted by molar-refractivity contribution is 1.27. The Morgan fingerprint density at radius 1 is 0.438 bits per heavy atom. The van der Waals surface area contributed by atoms with Gasteiger partial charge in [0.15, 0.2) is 0 Å². The Balaban J connectivity index is 1.60. The Bertz CT molecular complexity index is 1150. The molecule has 0 amide bonds. The molecule has 4 rings (SSSR count). The predicted octanol–water partition coefficient (Wildman–Crippen LogP) is 8.98. The third-order valence-corrected chi connectivity index (χ3v) is 5.50. The minimum absolute atomic E-state index is 1.14. The summed E-state index contributed by atoms with van der Waals surface area (Å²) in [6.45, 7) is 6.28. The largest absolute Gasteiger partial charge is 0.311 e. The number of hydrogen-bond acceptors (Lipinski definition) is 1. The van der Waals surface area contributed by atoms with Crippen LogP contribution in [0.4, 0.5) is 17.1 Å². The lowest BCUT2D eigenvalue weighted by Gasteiger charge is -2.25. The van der Waals surface area contributed by atoms with Gasteiger partial charge in [0, 0.05) is 17.1 Å². The highest BCUT2D eigenvalue weighted by molar-refractivity contribution is 5.78. The van der Waals surface area contributed by atoms with E-state index in [0.717, 1.165) is 17.1 Å². The average molecular weight is 416 g/mol. The van der Waals surface area contributed by atoms with Crippen molar-refractivity contribution in [3.63, 3.8) is 0 Å². The zero-order valence-electron chi connectivity index (χ0n) is 19.0. The van der Waals surface area contributed by atoms with Gasteiger partial charge in [0.2, 0.25) is 0 Å². The van der Waals surface area contributed by atoms with Crippen LogP contribution in [-0.4, -0.2) is 0 Å². The van der Waals surface area contributed by atoms with Crippen molar-refractivity contribution in [2.24, 2.45) is 0 Å². The fourth-order valence-electron chi connectivity index (χ4n) is 3.67. The van der Waals surface area contributed by atoms with Crippen molar-refractivity contribution in [3.8, 4) is 0 Å². The molecule has 0 atom stereocenters. The molecule has 0 bridgehead atoms. The number of benzene rings is 4. The van der Waals surface area contributed by atoms with Gasteiger partial charge in [-0.1, -0.05) is 96.1 Å².